The predicted octanol–water partition coefficient (Wildman–Crippen LogP) is 4.28. The lowest BCUT2D eigenvalue weighted by molar-refractivity contribution is 0.0952. The quantitative estimate of drug-likeness (QED) is 0.426. The molecule has 0 unspecified atom stereocenters. The van der Waals surface area contributed by atoms with Crippen molar-refractivity contribution in [3.05, 3.63) is 71.6 Å². The number of aryl methyl sites for hydroxylation is 1. The minimum absolute atomic E-state index is 0.0663. The number of nitrogens with zero attached hydrogens (tertiary/aromatic N) is 3. The van der Waals surface area contributed by atoms with Crippen LogP contribution >= 0.6 is 11.8 Å². The molecule has 3 aromatic rings. The zero-order chi connectivity index (χ0) is 21.9. The number of aromatic nitrogens is 2. The average Bonchev–Trinajstić information content (AvgIpc) is 3.26. The van der Waals surface area contributed by atoms with Crippen LogP contribution in [0.15, 0.2) is 59.0 Å². The second kappa shape index (κ2) is 12.3. The Hall–Kier alpha value is -2.64. The molecule has 0 saturated heterocycles. The maximum Gasteiger partial charge on any atom is 0.251 e. The van der Waals surface area contributed by atoms with Gasteiger partial charge in [-0.1, -0.05) is 30.3 Å². The van der Waals surface area contributed by atoms with Crippen LogP contribution in [0.5, 0.6) is 0 Å². The number of amides is 1. The molecule has 0 bridgehead atoms. The molecule has 3 rings (SSSR count). The molecule has 1 aromatic heterocycles. The minimum atomic E-state index is -0.0663. The van der Waals surface area contributed by atoms with Gasteiger partial charge in [0, 0.05) is 17.7 Å². The fourth-order valence-corrected chi connectivity index (χ4v) is 3.86. The highest BCUT2D eigenvalue weighted by molar-refractivity contribution is 7.98. The van der Waals surface area contributed by atoms with Crippen molar-refractivity contribution in [2.24, 2.45) is 0 Å². The highest BCUT2D eigenvalue weighted by atomic mass is 32.2. The van der Waals surface area contributed by atoms with Gasteiger partial charge in [0.25, 0.3) is 5.91 Å². The van der Waals surface area contributed by atoms with Gasteiger partial charge in [-0.25, -0.2) is 0 Å². The third-order valence-electron chi connectivity index (χ3n) is 4.75. The first-order valence-corrected chi connectivity index (χ1v) is 11.7. The van der Waals surface area contributed by atoms with Crippen LogP contribution < -0.4 is 5.32 Å². The summed E-state index contributed by atoms with van der Waals surface area (Å²) in [6.45, 7) is 1.61. The second-order valence-electron chi connectivity index (χ2n) is 7.63. The third-order valence-corrected chi connectivity index (χ3v) is 5.78. The summed E-state index contributed by atoms with van der Waals surface area (Å²) in [5.41, 5.74) is 2.81. The van der Waals surface area contributed by atoms with Gasteiger partial charge >= 0.3 is 0 Å². The first-order chi connectivity index (χ1) is 15.1. The van der Waals surface area contributed by atoms with E-state index in [1.165, 1.54) is 5.56 Å². The average molecular weight is 439 g/mol. The molecule has 0 fully saturated rings. The molecule has 7 heteroatoms. The Kier molecular flexibility index (Phi) is 9.12. The lowest BCUT2D eigenvalue weighted by Gasteiger charge is -2.10. The minimum Gasteiger partial charge on any atom is -0.420 e. The van der Waals surface area contributed by atoms with Gasteiger partial charge in [0.05, 0.1) is 5.75 Å². The number of thioether (sulfide) groups is 1. The highest BCUT2D eigenvalue weighted by Crippen LogP contribution is 2.21. The Bertz CT molecular complexity index is 926. The van der Waals surface area contributed by atoms with Crippen LogP contribution in [0.2, 0.25) is 0 Å². The topological polar surface area (TPSA) is 71.3 Å². The molecule has 1 heterocycles. The van der Waals surface area contributed by atoms with Gasteiger partial charge < -0.3 is 14.6 Å². The molecule has 164 valence electrons. The largest absolute Gasteiger partial charge is 0.420 e. The van der Waals surface area contributed by atoms with Gasteiger partial charge in [0.1, 0.15) is 0 Å². The van der Waals surface area contributed by atoms with Crippen molar-refractivity contribution >= 4 is 17.7 Å². The second-order valence-corrected chi connectivity index (χ2v) is 8.74. The van der Waals surface area contributed by atoms with E-state index in [1.807, 2.05) is 32.3 Å². The molecule has 2 aromatic carbocycles. The third kappa shape index (κ3) is 7.84. The van der Waals surface area contributed by atoms with Crippen molar-refractivity contribution in [3.8, 4) is 11.5 Å². The number of carbonyl (C=O) groups is 1. The van der Waals surface area contributed by atoms with E-state index in [0.29, 0.717) is 29.6 Å². The highest BCUT2D eigenvalue weighted by Gasteiger charge is 2.10. The van der Waals surface area contributed by atoms with Gasteiger partial charge in [-0.3, -0.25) is 4.79 Å². The molecule has 0 aliphatic heterocycles. The van der Waals surface area contributed by atoms with Gasteiger partial charge in [0.2, 0.25) is 11.8 Å². The van der Waals surface area contributed by atoms with Crippen molar-refractivity contribution in [1.29, 1.82) is 0 Å². The van der Waals surface area contributed by atoms with Crippen molar-refractivity contribution < 1.29 is 9.21 Å². The van der Waals surface area contributed by atoms with E-state index in [-0.39, 0.29) is 5.91 Å². The van der Waals surface area contributed by atoms with Crippen molar-refractivity contribution in [2.75, 3.05) is 32.9 Å². The van der Waals surface area contributed by atoms with Gasteiger partial charge in [-0.2, -0.15) is 11.8 Å². The number of nitrogens with one attached hydrogen (secondary N) is 1. The first kappa shape index (κ1) is 23.0. The molecule has 6 nitrogen and oxygen atoms in total. The zero-order valence-corrected chi connectivity index (χ0v) is 19.0. The Morgan fingerprint density at radius 2 is 1.81 bits per heavy atom. The van der Waals surface area contributed by atoms with Crippen molar-refractivity contribution in [1.82, 2.24) is 20.4 Å². The standard InChI is InChI=1S/C24H30N4O2S/c1-28(2)16-7-15-25-23(29)20-11-13-21(14-12-20)24-27-26-22(30-24)18-31-17-6-10-19-8-4-3-5-9-19/h3-5,8-9,11-14H,6-7,10,15-18H2,1-2H3,(H,25,29). The molecule has 0 spiro atoms. The number of hydrogen-bond acceptors (Lipinski definition) is 6. The molecule has 1 N–H and O–H groups in total. The summed E-state index contributed by atoms with van der Waals surface area (Å²) in [4.78, 5) is 14.3. The maximum atomic E-state index is 12.2. The van der Waals surface area contributed by atoms with Gasteiger partial charge in [0.15, 0.2) is 0 Å². The normalized spacial score (nSPS) is 11.1. The van der Waals surface area contributed by atoms with Crippen LogP contribution in [0.1, 0.15) is 34.7 Å². The van der Waals surface area contributed by atoms with E-state index in [1.54, 1.807) is 23.9 Å². The fourth-order valence-electron chi connectivity index (χ4n) is 3.07. The summed E-state index contributed by atoms with van der Waals surface area (Å²) >= 11 is 1.80. The van der Waals surface area contributed by atoms with E-state index in [9.17, 15) is 4.79 Å². The predicted molar refractivity (Wildman–Crippen MR) is 126 cm³/mol. The molecule has 0 aliphatic rings. The van der Waals surface area contributed by atoms with E-state index < -0.39 is 0 Å². The van der Waals surface area contributed by atoms with E-state index in [4.69, 9.17) is 4.42 Å². The number of benzene rings is 2. The fraction of sp³-hybridized carbons (Fsp3) is 0.375. The lowest BCUT2D eigenvalue weighted by Crippen LogP contribution is -2.27. The van der Waals surface area contributed by atoms with Crippen LogP contribution in [0.4, 0.5) is 0 Å². The SMILES string of the molecule is CN(C)CCCNC(=O)c1ccc(-c2nnc(CSCCCc3ccccc3)o2)cc1. The maximum absolute atomic E-state index is 12.2. The molecular formula is C24H30N4O2S. The van der Waals surface area contributed by atoms with Crippen LogP contribution in [0, 0.1) is 0 Å². The summed E-state index contributed by atoms with van der Waals surface area (Å²) in [6, 6.07) is 17.8. The van der Waals surface area contributed by atoms with Gasteiger partial charge in [-0.05, 0) is 75.5 Å². The van der Waals surface area contributed by atoms with Crippen LogP contribution in [-0.4, -0.2) is 53.9 Å². The molecule has 1 amide bonds. The van der Waals surface area contributed by atoms with Crippen LogP contribution in [0.3, 0.4) is 0 Å². The number of rotatable bonds is 12. The lowest BCUT2D eigenvalue weighted by atomic mass is 10.1. The summed E-state index contributed by atoms with van der Waals surface area (Å²) in [5, 5.41) is 11.2. The zero-order valence-electron chi connectivity index (χ0n) is 18.2. The van der Waals surface area contributed by atoms with E-state index in [0.717, 1.165) is 37.1 Å². The summed E-state index contributed by atoms with van der Waals surface area (Å²) < 4.78 is 5.79. The molecular weight excluding hydrogens is 408 g/mol. The van der Waals surface area contributed by atoms with E-state index >= 15 is 0 Å². The smallest absolute Gasteiger partial charge is 0.251 e. The van der Waals surface area contributed by atoms with Crippen LogP contribution in [0.25, 0.3) is 11.5 Å². The summed E-state index contributed by atoms with van der Waals surface area (Å²) in [5.74, 6) is 2.80. The van der Waals surface area contributed by atoms with E-state index in [2.05, 4.69) is 44.7 Å². The number of carbonyl (C=O) groups excluding carboxylic acids is 1. The molecule has 31 heavy (non-hydrogen) atoms. The Balaban J connectivity index is 1.41. The first-order valence-electron chi connectivity index (χ1n) is 10.6. The Labute approximate surface area is 188 Å². The van der Waals surface area contributed by atoms with Crippen LogP contribution in [-0.2, 0) is 12.2 Å². The summed E-state index contributed by atoms with van der Waals surface area (Å²) in [7, 11) is 4.04. The molecule has 0 atom stereocenters. The van der Waals surface area contributed by atoms with Gasteiger partial charge in [-0.15, -0.1) is 10.2 Å². The molecule has 0 aliphatic carbocycles. The monoisotopic (exact) mass is 438 g/mol. The Morgan fingerprint density at radius 1 is 1.03 bits per heavy atom. The summed E-state index contributed by atoms with van der Waals surface area (Å²) in [6.07, 6.45) is 3.12. The molecule has 0 saturated carbocycles. The van der Waals surface area contributed by atoms with Crippen molar-refractivity contribution in [3.63, 3.8) is 0 Å². The number of hydrogen-bond donors (Lipinski definition) is 1. The molecule has 0 radical (unpaired) electrons. The Morgan fingerprint density at radius 3 is 2.55 bits per heavy atom. The van der Waals surface area contributed by atoms with Crippen molar-refractivity contribution in [2.45, 2.75) is 25.0 Å².